The average molecular weight is 247 g/mol. The number of alkyl halides is 1. The van der Waals surface area contributed by atoms with E-state index in [2.05, 4.69) is 28.0 Å². The second kappa shape index (κ2) is 4.24. The van der Waals surface area contributed by atoms with Crippen molar-refractivity contribution in [2.24, 2.45) is 0 Å². The van der Waals surface area contributed by atoms with Gasteiger partial charge in [0.1, 0.15) is 0 Å². The highest BCUT2D eigenvalue weighted by molar-refractivity contribution is 9.09. The van der Waals surface area contributed by atoms with Crippen molar-refractivity contribution in [2.45, 2.75) is 33.4 Å². The summed E-state index contributed by atoms with van der Waals surface area (Å²) in [5.41, 5.74) is 3.39. The van der Waals surface area contributed by atoms with Crippen LogP contribution in [-0.4, -0.2) is 26.3 Å². The van der Waals surface area contributed by atoms with Crippen LogP contribution in [0, 0.1) is 20.8 Å². The molecule has 0 radical (unpaired) electrons. The number of hydrogen-bond acceptors (Lipinski definition) is 2. The molecular formula is C9H15BrN2O. The van der Waals surface area contributed by atoms with Crippen LogP contribution in [0.2, 0.25) is 0 Å². The van der Waals surface area contributed by atoms with Crippen molar-refractivity contribution in [3.63, 3.8) is 0 Å². The molecule has 0 saturated carbocycles. The minimum Gasteiger partial charge on any atom is -0.390 e. The van der Waals surface area contributed by atoms with Gasteiger partial charge in [0.15, 0.2) is 0 Å². The van der Waals surface area contributed by atoms with Crippen molar-refractivity contribution in [3.8, 4) is 0 Å². The van der Waals surface area contributed by atoms with Crippen LogP contribution in [0.4, 0.5) is 0 Å². The predicted octanol–water partition coefficient (Wildman–Crippen LogP) is 1.56. The van der Waals surface area contributed by atoms with Gasteiger partial charge in [-0.2, -0.15) is 5.10 Å². The molecule has 0 bridgehead atoms. The first-order valence-electron chi connectivity index (χ1n) is 4.31. The molecule has 0 amide bonds. The van der Waals surface area contributed by atoms with Crippen molar-refractivity contribution in [3.05, 3.63) is 17.0 Å². The number of rotatable bonds is 3. The third kappa shape index (κ3) is 2.31. The topological polar surface area (TPSA) is 38.0 Å². The molecule has 0 aliphatic carbocycles. The van der Waals surface area contributed by atoms with E-state index in [1.54, 1.807) is 0 Å². The lowest BCUT2D eigenvalue weighted by molar-refractivity contribution is 0.173. The third-order valence-corrected chi connectivity index (χ3v) is 3.05. The van der Waals surface area contributed by atoms with Gasteiger partial charge < -0.3 is 5.11 Å². The first-order valence-corrected chi connectivity index (χ1v) is 5.43. The summed E-state index contributed by atoms with van der Waals surface area (Å²) in [6.45, 7) is 6.62. The monoisotopic (exact) mass is 246 g/mol. The minimum atomic E-state index is -0.364. The largest absolute Gasteiger partial charge is 0.390 e. The zero-order valence-electron chi connectivity index (χ0n) is 8.21. The standard InChI is InChI=1S/C9H15BrN2O/c1-6-7(2)11-12(8(6)3)5-9(13)4-10/h9,13H,4-5H2,1-3H3. The average Bonchev–Trinajstić information content (AvgIpc) is 2.34. The first kappa shape index (κ1) is 10.7. The second-order valence-corrected chi connectivity index (χ2v) is 3.93. The number of hydrogen-bond donors (Lipinski definition) is 1. The molecule has 3 nitrogen and oxygen atoms in total. The fraction of sp³-hybridized carbons (Fsp3) is 0.667. The van der Waals surface area contributed by atoms with Crippen molar-refractivity contribution >= 4 is 15.9 Å². The highest BCUT2D eigenvalue weighted by atomic mass is 79.9. The van der Waals surface area contributed by atoms with Crippen LogP contribution in [0.25, 0.3) is 0 Å². The molecule has 0 aliphatic rings. The molecule has 0 aliphatic heterocycles. The lowest BCUT2D eigenvalue weighted by Gasteiger charge is -2.08. The maximum Gasteiger partial charge on any atom is 0.0832 e. The van der Waals surface area contributed by atoms with E-state index in [1.807, 2.05) is 18.5 Å². The number of halogens is 1. The number of aryl methyl sites for hydroxylation is 1. The summed E-state index contributed by atoms with van der Waals surface area (Å²) in [5, 5.41) is 14.3. The van der Waals surface area contributed by atoms with Gasteiger partial charge >= 0.3 is 0 Å². The van der Waals surface area contributed by atoms with Gasteiger partial charge in [0, 0.05) is 11.0 Å². The Morgan fingerprint density at radius 1 is 1.46 bits per heavy atom. The fourth-order valence-corrected chi connectivity index (χ4v) is 1.42. The Hall–Kier alpha value is -0.350. The van der Waals surface area contributed by atoms with E-state index in [9.17, 15) is 5.11 Å². The number of nitrogens with zero attached hydrogens (tertiary/aromatic N) is 2. The smallest absolute Gasteiger partial charge is 0.0832 e. The van der Waals surface area contributed by atoms with Gasteiger partial charge in [-0.05, 0) is 26.3 Å². The van der Waals surface area contributed by atoms with Crippen molar-refractivity contribution in [1.82, 2.24) is 9.78 Å². The fourth-order valence-electron chi connectivity index (χ4n) is 1.21. The van der Waals surface area contributed by atoms with Gasteiger partial charge in [-0.15, -0.1) is 0 Å². The molecule has 1 unspecified atom stereocenters. The molecule has 1 N–H and O–H groups in total. The molecule has 1 aromatic heterocycles. The van der Waals surface area contributed by atoms with Crippen LogP contribution in [0.1, 0.15) is 17.0 Å². The predicted molar refractivity (Wildman–Crippen MR) is 56.2 cm³/mol. The van der Waals surface area contributed by atoms with E-state index in [4.69, 9.17) is 0 Å². The Bertz CT molecular complexity index is 296. The quantitative estimate of drug-likeness (QED) is 0.823. The summed E-state index contributed by atoms with van der Waals surface area (Å²) >= 11 is 3.23. The van der Waals surface area contributed by atoms with Crippen LogP contribution in [0.5, 0.6) is 0 Å². The van der Waals surface area contributed by atoms with Crippen LogP contribution in [0.3, 0.4) is 0 Å². The highest BCUT2D eigenvalue weighted by Gasteiger charge is 2.10. The van der Waals surface area contributed by atoms with E-state index < -0.39 is 0 Å². The molecule has 4 heteroatoms. The first-order chi connectivity index (χ1) is 6.06. The molecule has 13 heavy (non-hydrogen) atoms. The zero-order chi connectivity index (χ0) is 10.0. The lowest BCUT2D eigenvalue weighted by atomic mass is 10.2. The summed E-state index contributed by atoms with van der Waals surface area (Å²) < 4.78 is 1.86. The van der Waals surface area contributed by atoms with E-state index in [0.29, 0.717) is 11.9 Å². The van der Waals surface area contributed by atoms with Crippen LogP contribution in [0.15, 0.2) is 0 Å². The van der Waals surface area contributed by atoms with Crippen LogP contribution >= 0.6 is 15.9 Å². The zero-order valence-corrected chi connectivity index (χ0v) is 9.80. The van der Waals surface area contributed by atoms with Gasteiger partial charge in [-0.25, -0.2) is 0 Å². The lowest BCUT2D eigenvalue weighted by Crippen LogP contribution is -2.19. The SMILES string of the molecule is Cc1nn(CC(O)CBr)c(C)c1C. The van der Waals surface area contributed by atoms with Crippen LogP contribution in [-0.2, 0) is 6.54 Å². The Labute approximate surface area is 86.9 Å². The van der Waals surface area contributed by atoms with Gasteiger partial charge in [0.25, 0.3) is 0 Å². The molecule has 1 rings (SSSR count). The van der Waals surface area contributed by atoms with Crippen LogP contribution < -0.4 is 0 Å². The Morgan fingerprint density at radius 3 is 2.46 bits per heavy atom. The van der Waals surface area contributed by atoms with Crippen molar-refractivity contribution in [1.29, 1.82) is 0 Å². The maximum absolute atomic E-state index is 9.43. The molecule has 0 saturated heterocycles. The number of aliphatic hydroxyl groups is 1. The Morgan fingerprint density at radius 2 is 2.08 bits per heavy atom. The van der Waals surface area contributed by atoms with Crippen molar-refractivity contribution in [2.75, 3.05) is 5.33 Å². The second-order valence-electron chi connectivity index (χ2n) is 3.29. The van der Waals surface area contributed by atoms with E-state index in [-0.39, 0.29) is 6.10 Å². The summed E-state index contributed by atoms with van der Waals surface area (Å²) in [5.74, 6) is 0. The summed E-state index contributed by atoms with van der Waals surface area (Å²) in [6.07, 6.45) is -0.364. The molecule has 74 valence electrons. The van der Waals surface area contributed by atoms with Gasteiger partial charge in [-0.1, -0.05) is 15.9 Å². The summed E-state index contributed by atoms with van der Waals surface area (Å²) in [4.78, 5) is 0. The number of aromatic nitrogens is 2. The van der Waals surface area contributed by atoms with Gasteiger partial charge in [-0.3, -0.25) is 4.68 Å². The van der Waals surface area contributed by atoms with E-state index >= 15 is 0 Å². The molecule has 1 atom stereocenters. The third-order valence-electron chi connectivity index (χ3n) is 2.31. The molecule has 1 aromatic rings. The van der Waals surface area contributed by atoms with Gasteiger partial charge in [0.2, 0.25) is 0 Å². The Balaban J connectivity index is 2.83. The highest BCUT2D eigenvalue weighted by Crippen LogP contribution is 2.11. The summed E-state index contributed by atoms with van der Waals surface area (Å²) in [6, 6.07) is 0. The summed E-state index contributed by atoms with van der Waals surface area (Å²) in [7, 11) is 0. The maximum atomic E-state index is 9.43. The molecule has 0 spiro atoms. The number of aliphatic hydroxyl groups excluding tert-OH is 1. The van der Waals surface area contributed by atoms with E-state index in [1.165, 1.54) is 5.56 Å². The van der Waals surface area contributed by atoms with Crippen molar-refractivity contribution < 1.29 is 5.11 Å². The molecule has 0 aromatic carbocycles. The molecular weight excluding hydrogens is 232 g/mol. The molecule has 1 heterocycles. The normalized spacial score (nSPS) is 13.3. The Kier molecular flexibility index (Phi) is 3.50. The molecule has 0 fully saturated rings. The minimum absolute atomic E-state index is 0.364. The van der Waals surface area contributed by atoms with E-state index in [0.717, 1.165) is 11.4 Å². The van der Waals surface area contributed by atoms with Gasteiger partial charge in [0.05, 0.1) is 18.3 Å².